The number of anilines is 1. The van der Waals surface area contributed by atoms with Crippen LogP contribution in [0.25, 0.3) is 0 Å². The molecule has 0 spiro atoms. The molecule has 2 unspecified atom stereocenters. The number of thioether (sulfide) groups is 1. The van der Waals surface area contributed by atoms with Gasteiger partial charge in [-0.25, -0.2) is 9.59 Å². The standard InChI is InChI=1S/C12H18N4O4S/c1-8-16(10(7-21-8)11(17)18)12(19)14-9-5-13-15(6-9)3-4-20-2/h5-6,8,10H,3-4,7H2,1-2H3,(H,14,19)(H,17,18). The third kappa shape index (κ3) is 3.67. The van der Waals surface area contributed by atoms with Gasteiger partial charge < -0.3 is 15.2 Å². The number of carboxylic acids is 1. The first-order valence-corrected chi connectivity index (χ1v) is 7.53. The van der Waals surface area contributed by atoms with Crippen molar-refractivity contribution in [2.45, 2.75) is 24.9 Å². The average Bonchev–Trinajstić information content (AvgIpc) is 3.03. The summed E-state index contributed by atoms with van der Waals surface area (Å²) in [6.45, 7) is 2.92. The molecule has 2 heterocycles. The lowest BCUT2D eigenvalue weighted by Crippen LogP contribution is -2.46. The van der Waals surface area contributed by atoms with Crippen molar-refractivity contribution in [2.75, 3.05) is 24.8 Å². The largest absolute Gasteiger partial charge is 0.480 e. The summed E-state index contributed by atoms with van der Waals surface area (Å²) >= 11 is 1.44. The van der Waals surface area contributed by atoms with Crippen LogP contribution in [0.2, 0.25) is 0 Å². The maximum Gasteiger partial charge on any atom is 0.327 e. The van der Waals surface area contributed by atoms with Gasteiger partial charge in [0, 0.05) is 19.1 Å². The minimum absolute atomic E-state index is 0.172. The second kappa shape index (κ2) is 6.81. The maximum absolute atomic E-state index is 12.2. The molecule has 0 saturated carbocycles. The predicted octanol–water partition coefficient (Wildman–Crippen LogP) is 0.909. The minimum atomic E-state index is -0.988. The zero-order chi connectivity index (χ0) is 15.4. The van der Waals surface area contributed by atoms with Crippen molar-refractivity contribution in [2.24, 2.45) is 0 Å². The topological polar surface area (TPSA) is 96.7 Å². The molecule has 2 N–H and O–H groups in total. The number of nitrogens with zero attached hydrogens (tertiary/aromatic N) is 3. The molecule has 1 aromatic rings. The Morgan fingerprint density at radius 3 is 3.05 bits per heavy atom. The van der Waals surface area contributed by atoms with Crippen LogP contribution in [0.5, 0.6) is 0 Å². The first-order valence-electron chi connectivity index (χ1n) is 6.48. The average molecular weight is 314 g/mol. The van der Waals surface area contributed by atoms with Crippen LogP contribution in [-0.2, 0) is 16.1 Å². The van der Waals surface area contributed by atoms with E-state index in [4.69, 9.17) is 9.84 Å². The van der Waals surface area contributed by atoms with Crippen LogP contribution in [0.1, 0.15) is 6.92 Å². The van der Waals surface area contributed by atoms with Gasteiger partial charge in [0.2, 0.25) is 0 Å². The minimum Gasteiger partial charge on any atom is -0.480 e. The normalized spacial score (nSPS) is 21.5. The number of aliphatic carboxylic acids is 1. The third-order valence-electron chi connectivity index (χ3n) is 3.15. The SMILES string of the molecule is COCCn1cc(NC(=O)N2C(C)SCC2C(=O)O)cn1. The van der Waals surface area contributed by atoms with E-state index < -0.39 is 18.0 Å². The zero-order valence-corrected chi connectivity index (χ0v) is 12.7. The second-order valence-electron chi connectivity index (χ2n) is 4.61. The highest BCUT2D eigenvalue weighted by atomic mass is 32.2. The van der Waals surface area contributed by atoms with E-state index in [1.807, 2.05) is 6.92 Å². The van der Waals surface area contributed by atoms with E-state index in [1.54, 1.807) is 18.0 Å². The second-order valence-corrected chi connectivity index (χ2v) is 5.96. The van der Waals surface area contributed by atoms with Crippen LogP contribution < -0.4 is 5.32 Å². The monoisotopic (exact) mass is 314 g/mol. The van der Waals surface area contributed by atoms with Crippen molar-refractivity contribution >= 4 is 29.4 Å². The number of nitrogens with one attached hydrogen (secondary N) is 1. The van der Waals surface area contributed by atoms with Crippen molar-refractivity contribution < 1.29 is 19.4 Å². The number of methoxy groups -OCH3 is 1. The van der Waals surface area contributed by atoms with Gasteiger partial charge in [-0.05, 0) is 6.92 Å². The summed E-state index contributed by atoms with van der Waals surface area (Å²) in [4.78, 5) is 24.8. The van der Waals surface area contributed by atoms with Gasteiger partial charge >= 0.3 is 12.0 Å². The lowest BCUT2D eigenvalue weighted by molar-refractivity contribution is -0.141. The molecule has 2 atom stereocenters. The first-order chi connectivity index (χ1) is 10.0. The Morgan fingerprint density at radius 1 is 1.62 bits per heavy atom. The van der Waals surface area contributed by atoms with E-state index in [0.717, 1.165) is 0 Å². The number of carbonyl (C=O) groups excluding carboxylic acids is 1. The fraction of sp³-hybridized carbons (Fsp3) is 0.583. The van der Waals surface area contributed by atoms with Crippen LogP contribution in [0, 0.1) is 0 Å². The summed E-state index contributed by atoms with van der Waals surface area (Å²) in [7, 11) is 1.60. The molecule has 2 rings (SSSR count). The number of rotatable bonds is 5. The van der Waals surface area contributed by atoms with E-state index in [0.29, 0.717) is 24.6 Å². The van der Waals surface area contributed by atoms with Crippen LogP contribution in [0.4, 0.5) is 10.5 Å². The quantitative estimate of drug-likeness (QED) is 0.838. The molecule has 1 saturated heterocycles. The van der Waals surface area contributed by atoms with Gasteiger partial charge in [0.1, 0.15) is 6.04 Å². The predicted molar refractivity (Wildman–Crippen MR) is 78.3 cm³/mol. The molecule has 116 valence electrons. The van der Waals surface area contributed by atoms with Gasteiger partial charge in [-0.3, -0.25) is 9.58 Å². The van der Waals surface area contributed by atoms with Crippen molar-refractivity contribution in [1.82, 2.24) is 14.7 Å². The van der Waals surface area contributed by atoms with Crippen LogP contribution in [-0.4, -0.2) is 62.7 Å². The molecule has 0 bridgehead atoms. The van der Waals surface area contributed by atoms with Gasteiger partial charge in [-0.15, -0.1) is 11.8 Å². The molecule has 2 amide bonds. The van der Waals surface area contributed by atoms with E-state index in [1.165, 1.54) is 22.9 Å². The Kier molecular flexibility index (Phi) is 5.07. The van der Waals surface area contributed by atoms with Crippen molar-refractivity contribution in [3.63, 3.8) is 0 Å². The summed E-state index contributed by atoms with van der Waals surface area (Å²) < 4.78 is 6.60. The number of urea groups is 1. The summed E-state index contributed by atoms with van der Waals surface area (Å²) in [5.41, 5.74) is 0.532. The molecule has 0 aliphatic carbocycles. The lowest BCUT2D eigenvalue weighted by Gasteiger charge is -2.24. The summed E-state index contributed by atoms with van der Waals surface area (Å²) in [6.07, 6.45) is 3.21. The van der Waals surface area contributed by atoms with Gasteiger partial charge in [0.05, 0.1) is 30.4 Å². The molecule has 1 aromatic heterocycles. The number of hydrogen-bond donors (Lipinski definition) is 2. The Bertz CT molecular complexity index is 521. The molecular formula is C12H18N4O4S. The van der Waals surface area contributed by atoms with Crippen LogP contribution in [0.15, 0.2) is 12.4 Å². The lowest BCUT2D eigenvalue weighted by atomic mass is 10.3. The van der Waals surface area contributed by atoms with Crippen molar-refractivity contribution in [3.05, 3.63) is 12.4 Å². The van der Waals surface area contributed by atoms with Crippen molar-refractivity contribution in [1.29, 1.82) is 0 Å². The van der Waals surface area contributed by atoms with Crippen molar-refractivity contribution in [3.8, 4) is 0 Å². The van der Waals surface area contributed by atoms with E-state index in [-0.39, 0.29) is 5.37 Å². The molecule has 21 heavy (non-hydrogen) atoms. The van der Waals surface area contributed by atoms with E-state index in [2.05, 4.69) is 10.4 Å². The van der Waals surface area contributed by atoms with Gasteiger partial charge in [0.15, 0.2) is 0 Å². The summed E-state index contributed by atoms with van der Waals surface area (Å²) in [5, 5.41) is 15.8. The number of hydrogen-bond acceptors (Lipinski definition) is 5. The Balaban J connectivity index is 2.00. The molecule has 9 heteroatoms. The highest BCUT2D eigenvalue weighted by molar-refractivity contribution is 8.00. The first kappa shape index (κ1) is 15.6. The molecule has 0 radical (unpaired) electrons. The number of ether oxygens (including phenoxy) is 1. The zero-order valence-electron chi connectivity index (χ0n) is 11.9. The number of aromatic nitrogens is 2. The fourth-order valence-electron chi connectivity index (χ4n) is 2.06. The molecule has 1 aliphatic rings. The maximum atomic E-state index is 12.2. The summed E-state index contributed by atoms with van der Waals surface area (Å²) in [6, 6.07) is -1.22. The van der Waals surface area contributed by atoms with Gasteiger partial charge in [-0.2, -0.15) is 5.10 Å². The van der Waals surface area contributed by atoms with E-state index in [9.17, 15) is 9.59 Å². The Labute approximate surface area is 126 Å². The third-order valence-corrected chi connectivity index (χ3v) is 4.37. The number of carbonyl (C=O) groups is 2. The molecule has 1 fully saturated rings. The highest BCUT2D eigenvalue weighted by Crippen LogP contribution is 2.29. The number of amides is 2. The Morgan fingerprint density at radius 2 is 2.38 bits per heavy atom. The summed E-state index contributed by atoms with van der Waals surface area (Å²) in [5.74, 6) is -0.588. The van der Waals surface area contributed by atoms with Crippen LogP contribution >= 0.6 is 11.8 Å². The fourth-order valence-corrected chi connectivity index (χ4v) is 3.23. The molecular weight excluding hydrogens is 296 g/mol. The highest BCUT2D eigenvalue weighted by Gasteiger charge is 2.39. The molecule has 1 aliphatic heterocycles. The Hall–Kier alpha value is -1.74. The van der Waals surface area contributed by atoms with Gasteiger partial charge in [0.25, 0.3) is 0 Å². The van der Waals surface area contributed by atoms with E-state index >= 15 is 0 Å². The molecule has 0 aromatic carbocycles. The molecule has 8 nitrogen and oxygen atoms in total. The van der Waals surface area contributed by atoms with Crippen LogP contribution in [0.3, 0.4) is 0 Å². The number of carboxylic acid groups (broad SMARTS) is 1. The smallest absolute Gasteiger partial charge is 0.327 e. The van der Waals surface area contributed by atoms with Gasteiger partial charge in [-0.1, -0.05) is 0 Å².